The molecular formula is C29H39F2N3O3S. The molecule has 0 aromatic heterocycles. The van der Waals surface area contributed by atoms with Gasteiger partial charge in [0.1, 0.15) is 18.3 Å². The first-order valence-electron chi connectivity index (χ1n) is 12.5. The first kappa shape index (κ1) is 31.3. The third kappa shape index (κ3) is 8.30. The minimum Gasteiger partial charge on any atom is -0.471 e. The van der Waals surface area contributed by atoms with E-state index in [2.05, 4.69) is 39.7 Å². The smallest absolute Gasteiger partial charge is 0.292 e. The van der Waals surface area contributed by atoms with Gasteiger partial charge in [-0.3, -0.25) is 9.10 Å². The van der Waals surface area contributed by atoms with Crippen LogP contribution in [0.3, 0.4) is 0 Å². The first-order chi connectivity index (χ1) is 18.2. The molecule has 3 aliphatic rings. The van der Waals surface area contributed by atoms with Crippen molar-refractivity contribution < 1.29 is 23.1 Å². The Labute approximate surface area is 229 Å². The summed E-state index contributed by atoms with van der Waals surface area (Å²) in [4.78, 5) is 21.4. The highest BCUT2D eigenvalue weighted by molar-refractivity contribution is 8.01. The number of ether oxygens (including phenoxy) is 1. The van der Waals surface area contributed by atoms with E-state index in [-0.39, 0.29) is 17.1 Å². The van der Waals surface area contributed by atoms with Gasteiger partial charge in [-0.1, -0.05) is 30.8 Å². The quantitative estimate of drug-likeness (QED) is 0.327. The highest BCUT2D eigenvalue weighted by Crippen LogP contribution is 2.53. The maximum Gasteiger partial charge on any atom is 0.292 e. The number of halogens is 2. The number of rotatable bonds is 5. The number of hydrogen-bond donors (Lipinski definition) is 0. The van der Waals surface area contributed by atoms with Crippen molar-refractivity contribution in [2.45, 2.75) is 49.6 Å². The Morgan fingerprint density at radius 1 is 1.13 bits per heavy atom. The van der Waals surface area contributed by atoms with Gasteiger partial charge < -0.3 is 19.3 Å². The molecule has 5 rings (SSSR count). The summed E-state index contributed by atoms with van der Waals surface area (Å²) in [7, 11) is 5.44. The molecule has 2 heterocycles. The van der Waals surface area contributed by atoms with Crippen LogP contribution >= 0.6 is 11.9 Å². The van der Waals surface area contributed by atoms with Gasteiger partial charge in [0.15, 0.2) is 0 Å². The van der Waals surface area contributed by atoms with E-state index >= 15 is 0 Å². The number of fused-ring (bicyclic) bond motifs is 1. The van der Waals surface area contributed by atoms with Crippen molar-refractivity contribution in [1.82, 2.24) is 4.90 Å². The predicted molar refractivity (Wildman–Crippen MR) is 153 cm³/mol. The summed E-state index contributed by atoms with van der Waals surface area (Å²) in [5.41, 5.74) is 2.91. The van der Waals surface area contributed by atoms with E-state index in [0.29, 0.717) is 19.3 Å². The molecule has 6 nitrogen and oxygen atoms in total. The summed E-state index contributed by atoms with van der Waals surface area (Å²) >= 11 is 1.66. The molecule has 0 radical (unpaired) electrons. The number of benzene rings is 2. The standard InChI is InChI=1S/C21H22F2N2S.C5H11N.C2H4O2.CH2O/c1-14-20(24(3)16-8-6-7-15(22)11-16)18-9-4-5-10-19(18)25(14)26-17-12-21(2,23)13-17;1-6-4-2-3-5-6;1-4-2-3;1-2/h4-11,17,20H,1,12-13H2,2-3H3;2-5H2,1H3;2H,1H3;1H2. The van der Waals surface area contributed by atoms with Gasteiger partial charge >= 0.3 is 0 Å². The van der Waals surface area contributed by atoms with Crippen molar-refractivity contribution in [3.05, 3.63) is 72.2 Å². The molecule has 2 fully saturated rings. The van der Waals surface area contributed by atoms with Crippen LogP contribution in [0.2, 0.25) is 0 Å². The van der Waals surface area contributed by atoms with Crippen molar-refractivity contribution in [3.8, 4) is 0 Å². The lowest BCUT2D eigenvalue weighted by atomic mass is 9.83. The van der Waals surface area contributed by atoms with Gasteiger partial charge in [0.05, 0.1) is 18.8 Å². The van der Waals surface area contributed by atoms with Crippen LogP contribution in [-0.2, 0) is 14.3 Å². The summed E-state index contributed by atoms with van der Waals surface area (Å²) in [6.45, 7) is 11.0. The SMILES string of the molecule is C=C1C(N(C)c2cccc(F)c2)c2ccccc2N1SC1CC(C)(F)C1.C=O.CN1CCCC1.COC=O. The van der Waals surface area contributed by atoms with Crippen LogP contribution in [0.25, 0.3) is 0 Å². The molecule has 1 aliphatic carbocycles. The highest BCUT2D eigenvalue weighted by Gasteiger charge is 2.44. The molecule has 1 unspecified atom stereocenters. The lowest BCUT2D eigenvalue weighted by Gasteiger charge is -2.40. The van der Waals surface area contributed by atoms with Gasteiger partial charge in [-0.25, -0.2) is 8.78 Å². The number of carbonyl (C=O) groups is 2. The van der Waals surface area contributed by atoms with Crippen LogP contribution in [-0.4, -0.2) is 63.4 Å². The molecule has 1 saturated carbocycles. The van der Waals surface area contributed by atoms with Gasteiger partial charge in [-0.05, 0) is 89.0 Å². The van der Waals surface area contributed by atoms with Crippen molar-refractivity contribution in [2.24, 2.45) is 0 Å². The van der Waals surface area contributed by atoms with Gasteiger partial charge in [0.2, 0.25) is 0 Å². The monoisotopic (exact) mass is 547 g/mol. The van der Waals surface area contributed by atoms with Gasteiger partial charge in [0, 0.05) is 29.2 Å². The number of hydrogen-bond acceptors (Lipinski definition) is 7. The molecule has 0 amide bonds. The van der Waals surface area contributed by atoms with E-state index in [1.807, 2.05) is 36.9 Å². The molecule has 2 aliphatic heterocycles. The fourth-order valence-electron chi connectivity index (χ4n) is 4.74. The fourth-order valence-corrected chi connectivity index (χ4v) is 6.40. The van der Waals surface area contributed by atoms with E-state index in [1.54, 1.807) is 24.9 Å². The topological polar surface area (TPSA) is 53.1 Å². The second-order valence-electron chi connectivity index (χ2n) is 9.73. The summed E-state index contributed by atoms with van der Waals surface area (Å²) in [6, 6.07) is 14.7. The Hall–Kier alpha value is -2.91. The first-order valence-corrected chi connectivity index (χ1v) is 13.4. The summed E-state index contributed by atoms with van der Waals surface area (Å²) in [6.07, 6.45) is 3.95. The number of likely N-dealkylation sites (tertiary alicyclic amines) is 1. The number of nitrogens with zero attached hydrogens (tertiary/aromatic N) is 3. The maximum absolute atomic E-state index is 13.9. The van der Waals surface area contributed by atoms with E-state index < -0.39 is 5.67 Å². The predicted octanol–water partition coefficient (Wildman–Crippen LogP) is 6.19. The van der Waals surface area contributed by atoms with Crippen LogP contribution in [0.5, 0.6) is 0 Å². The number of likely N-dealkylation sites (N-methyl/N-ethyl adjacent to an activating group) is 1. The Morgan fingerprint density at radius 3 is 2.24 bits per heavy atom. The maximum atomic E-state index is 13.9. The largest absolute Gasteiger partial charge is 0.471 e. The number of alkyl halides is 1. The second kappa shape index (κ2) is 14.9. The molecule has 38 heavy (non-hydrogen) atoms. The number of methoxy groups -OCH3 is 1. The molecule has 9 heteroatoms. The molecule has 0 N–H and O–H groups in total. The molecule has 0 bridgehead atoms. The van der Waals surface area contributed by atoms with E-state index in [9.17, 15) is 8.78 Å². The van der Waals surface area contributed by atoms with E-state index in [0.717, 1.165) is 22.6 Å². The van der Waals surface area contributed by atoms with E-state index in [4.69, 9.17) is 9.59 Å². The second-order valence-corrected chi connectivity index (χ2v) is 11.0. The third-order valence-corrected chi connectivity index (χ3v) is 7.89. The summed E-state index contributed by atoms with van der Waals surface area (Å²) < 4.78 is 33.6. The fraction of sp³-hybridized carbons (Fsp3) is 0.448. The molecule has 2 aromatic rings. The minimum absolute atomic E-state index is 0.0719. The van der Waals surface area contributed by atoms with Crippen LogP contribution < -0.4 is 9.21 Å². The van der Waals surface area contributed by atoms with Crippen molar-refractivity contribution in [1.29, 1.82) is 0 Å². The molecular weight excluding hydrogens is 508 g/mol. The Bertz CT molecular complexity index is 1040. The van der Waals surface area contributed by atoms with Crippen LogP contribution in [0.15, 0.2) is 60.8 Å². The summed E-state index contributed by atoms with van der Waals surface area (Å²) in [5, 5.41) is 0.257. The zero-order chi connectivity index (χ0) is 28.3. The molecule has 1 atom stereocenters. The minimum atomic E-state index is -1.05. The van der Waals surface area contributed by atoms with Gasteiger partial charge in [-0.15, -0.1) is 0 Å². The normalized spacial score (nSPS) is 23.3. The lowest BCUT2D eigenvalue weighted by molar-refractivity contribution is -0.126. The molecule has 0 spiro atoms. The zero-order valence-corrected chi connectivity index (χ0v) is 23.6. The zero-order valence-electron chi connectivity index (χ0n) is 22.7. The Morgan fingerprint density at radius 2 is 1.74 bits per heavy atom. The lowest BCUT2D eigenvalue weighted by Crippen LogP contribution is -2.40. The number of para-hydroxylation sites is 1. The van der Waals surface area contributed by atoms with Crippen molar-refractivity contribution in [3.63, 3.8) is 0 Å². The number of carbonyl (C=O) groups excluding carboxylic acids is 2. The van der Waals surface area contributed by atoms with Crippen LogP contribution in [0.1, 0.15) is 44.2 Å². The van der Waals surface area contributed by atoms with Crippen molar-refractivity contribution >= 4 is 36.6 Å². The van der Waals surface area contributed by atoms with Crippen LogP contribution in [0, 0.1) is 5.82 Å². The van der Waals surface area contributed by atoms with Crippen LogP contribution in [0.4, 0.5) is 20.2 Å². The highest BCUT2D eigenvalue weighted by atomic mass is 32.2. The van der Waals surface area contributed by atoms with Gasteiger partial charge in [0.25, 0.3) is 6.47 Å². The average Bonchev–Trinajstić information content (AvgIpc) is 3.49. The number of anilines is 2. The molecule has 208 valence electrons. The Balaban J connectivity index is 0.000000354. The molecule has 1 saturated heterocycles. The summed E-state index contributed by atoms with van der Waals surface area (Å²) in [5.74, 6) is -0.255. The molecule has 2 aromatic carbocycles. The van der Waals surface area contributed by atoms with Crippen molar-refractivity contribution in [2.75, 3.05) is 43.5 Å². The third-order valence-electron chi connectivity index (χ3n) is 6.62. The van der Waals surface area contributed by atoms with Gasteiger partial charge in [-0.2, -0.15) is 0 Å². The van der Waals surface area contributed by atoms with E-state index in [1.165, 1.54) is 45.2 Å². The average molecular weight is 548 g/mol. The Kier molecular flexibility index (Phi) is 12.3.